The first-order chi connectivity index (χ1) is 7.79. The fourth-order valence-corrected chi connectivity index (χ4v) is 1.10. The third-order valence-electron chi connectivity index (χ3n) is 1.85. The van der Waals surface area contributed by atoms with Gasteiger partial charge in [0.25, 0.3) is 11.6 Å². The summed E-state index contributed by atoms with van der Waals surface area (Å²) in [5.74, 6) is -1.41. The predicted molar refractivity (Wildman–Crippen MR) is 52.9 cm³/mol. The molecule has 6 heteroatoms. The van der Waals surface area contributed by atoms with Crippen molar-refractivity contribution in [3.8, 4) is 0 Å². The van der Waals surface area contributed by atoms with Crippen molar-refractivity contribution >= 4 is 11.6 Å². The summed E-state index contributed by atoms with van der Waals surface area (Å²) in [6.07, 6.45) is 8.62. The molecule has 2 heterocycles. The lowest BCUT2D eigenvalue weighted by Gasteiger charge is -2.13. The van der Waals surface area contributed by atoms with Crippen LogP contribution >= 0.6 is 0 Å². The summed E-state index contributed by atoms with van der Waals surface area (Å²) in [5, 5.41) is 0. The second kappa shape index (κ2) is 4.35. The fraction of sp³-hybridized carbons (Fsp3) is 0. The largest absolute Gasteiger partial charge is 0.390 e. The summed E-state index contributed by atoms with van der Waals surface area (Å²) in [4.78, 5) is 32.7. The quantitative estimate of drug-likeness (QED) is 0.651. The average molecular weight is 220 g/mol. The maximum absolute atomic E-state index is 11.6. The zero-order valence-electron chi connectivity index (χ0n) is 8.10. The topological polar surface area (TPSA) is 76.7 Å². The smallest absolute Gasteiger partial charge is 0.254 e. The van der Waals surface area contributed by atoms with E-state index in [9.17, 15) is 9.59 Å². The molecular weight excluding hydrogens is 212 g/mol. The molecule has 0 aromatic carbocycles. The van der Waals surface area contributed by atoms with Gasteiger partial charge < -0.3 is 9.68 Å². The molecule has 0 amide bonds. The highest BCUT2D eigenvalue weighted by Crippen LogP contribution is 2.06. The van der Waals surface area contributed by atoms with Crippen LogP contribution in [0.1, 0.15) is 0 Å². The van der Waals surface area contributed by atoms with E-state index in [4.69, 9.17) is 0 Å². The highest BCUT2D eigenvalue weighted by Gasteiger charge is 2.24. The van der Waals surface area contributed by atoms with Crippen LogP contribution in [0.4, 0.5) is 0 Å². The van der Waals surface area contributed by atoms with Gasteiger partial charge >= 0.3 is 0 Å². The molecule has 0 fully saturated rings. The highest BCUT2D eigenvalue weighted by atomic mass is 16.6. The van der Waals surface area contributed by atoms with Crippen LogP contribution in [0, 0.1) is 0 Å². The summed E-state index contributed by atoms with van der Waals surface area (Å²) >= 11 is 0. The summed E-state index contributed by atoms with van der Waals surface area (Å²) in [7, 11) is 0. The molecular formula is C10H8N2O4. The van der Waals surface area contributed by atoms with Crippen molar-refractivity contribution in [1.29, 1.82) is 0 Å². The van der Waals surface area contributed by atoms with Gasteiger partial charge in [-0.25, -0.2) is 11.0 Å². The molecule has 2 aliphatic heterocycles. The summed E-state index contributed by atoms with van der Waals surface area (Å²) in [6, 6.07) is 0. The lowest BCUT2D eigenvalue weighted by molar-refractivity contribution is -0.133. The summed E-state index contributed by atoms with van der Waals surface area (Å²) < 4.78 is 0. The zero-order chi connectivity index (χ0) is 11.4. The molecule has 0 unspecified atom stereocenters. The van der Waals surface area contributed by atoms with E-state index in [2.05, 4.69) is 20.6 Å². The predicted octanol–water partition coefficient (Wildman–Crippen LogP) is -0.0106. The van der Waals surface area contributed by atoms with Gasteiger partial charge in [0, 0.05) is 0 Å². The first-order valence-electron chi connectivity index (χ1n) is 4.45. The minimum Gasteiger partial charge on any atom is -0.390 e. The van der Waals surface area contributed by atoms with Crippen LogP contribution < -0.4 is 11.0 Å². The normalized spacial score (nSPS) is 17.0. The molecule has 0 aromatic heterocycles. The van der Waals surface area contributed by atoms with Gasteiger partial charge in [0.05, 0.1) is 0 Å². The van der Waals surface area contributed by atoms with Crippen molar-refractivity contribution in [3.05, 3.63) is 48.2 Å². The molecule has 0 saturated carbocycles. The average Bonchev–Trinajstić information content (AvgIpc) is 2.39. The SMILES string of the molecule is O=C(C(=O)C1=CC=CON1)C1=CC=CON1. The van der Waals surface area contributed by atoms with Gasteiger partial charge in [0.1, 0.15) is 23.9 Å². The number of carbonyl (C=O) groups is 2. The number of allylic oxidation sites excluding steroid dienone is 6. The maximum atomic E-state index is 11.6. The van der Waals surface area contributed by atoms with Gasteiger partial charge in [-0.15, -0.1) is 0 Å². The van der Waals surface area contributed by atoms with Crippen LogP contribution in [0.3, 0.4) is 0 Å². The molecule has 0 aliphatic carbocycles. The Labute approximate surface area is 90.8 Å². The van der Waals surface area contributed by atoms with Crippen molar-refractivity contribution in [3.63, 3.8) is 0 Å². The molecule has 0 radical (unpaired) electrons. The van der Waals surface area contributed by atoms with Gasteiger partial charge in [0.2, 0.25) is 0 Å². The monoisotopic (exact) mass is 220 g/mol. The highest BCUT2D eigenvalue weighted by molar-refractivity contribution is 6.48. The summed E-state index contributed by atoms with van der Waals surface area (Å²) in [6.45, 7) is 0. The van der Waals surface area contributed by atoms with Crippen LogP contribution in [0.15, 0.2) is 48.2 Å². The lowest BCUT2D eigenvalue weighted by atomic mass is 10.1. The molecule has 6 nitrogen and oxygen atoms in total. The first-order valence-corrected chi connectivity index (χ1v) is 4.45. The molecule has 0 atom stereocenters. The minimum absolute atomic E-state index is 0.0738. The third kappa shape index (κ3) is 1.95. The zero-order valence-corrected chi connectivity index (χ0v) is 8.10. The Morgan fingerprint density at radius 3 is 1.62 bits per heavy atom. The van der Waals surface area contributed by atoms with Crippen molar-refractivity contribution in [2.24, 2.45) is 0 Å². The number of carbonyl (C=O) groups excluding carboxylic acids is 2. The molecule has 16 heavy (non-hydrogen) atoms. The molecule has 0 aromatic rings. The van der Waals surface area contributed by atoms with E-state index in [0.717, 1.165) is 0 Å². The van der Waals surface area contributed by atoms with Crippen LogP contribution in [-0.2, 0) is 19.3 Å². The second-order valence-corrected chi connectivity index (χ2v) is 2.92. The van der Waals surface area contributed by atoms with Crippen LogP contribution in [0.5, 0.6) is 0 Å². The van der Waals surface area contributed by atoms with Crippen molar-refractivity contribution < 1.29 is 19.3 Å². The number of hydrogen-bond acceptors (Lipinski definition) is 6. The number of rotatable bonds is 3. The number of hydrogen-bond donors (Lipinski definition) is 2. The lowest BCUT2D eigenvalue weighted by Crippen LogP contribution is -2.32. The Kier molecular flexibility index (Phi) is 2.73. The van der Waals surface area contributed by atoms with Crippen LogP contribution in [-0.4, -0.2) is 11.6 Å². The standard InChI is InChI=1S/C10H8N2O4/c13-9(7-3-1-5-15-11-7)10(14)8-4-2-6-16-12-8/h1-6,11-12H. The van der Waals surface area contributed by atoms with Gasteiger partial charge in [-0.2, -0.15) is 0 Å². The van der Waals surface area contributed by atoms with E-state index < -0.39 is 11.6 Å². The Morgan fingerprint density at radius 2 is 1.31 bits per heavy atom. The van der Waals surface area contributed by atoms with Gasteiger partial charge in [-0.1, -0.05) is 0 Å². The Hall–Kier alpha value is -2.50. The van der Waals surface area contributed by atoms with Gasteiger partial charge in [0.15, 0.2) is 0 Å². The first kappa shape index (κ1) is 10.0. The van der Waals surface area contributed by atoms with E-state index >= 15 is 0 Å². The molecule has 82 valence electrons. The fourth-order valence-electron chi connectivity index (χ4n) is 1.10. The van der Waals surface area contributed by atoms with E-state index in [1.165, 1.54) is 36.8 Å². The Bertz CT molecular complexity index is 404. The molecule has 2 rings (SSSR count). The van der Waals surface area contributed by atoms with Crippen LogP contribution in [0.2, 0.25) is 0 Å². The van der Waals surface area contributed by atoms with E-state index in [1.807, 2.05) is 0 Å². The molecule has 2 aliphatic rings. The molecule has 2 N–H and O–H groups in total. The number of nitrogens with one attached hydrogen (secondary N) is 2. The minimum atomic E-state index is -0.706. The third-order valence-corrected chi connectivity index (χ3v) is 1.85. The van der Waals surface area contributed by atoms with E-state index in [0.29, 0.717) is 0 Å². The Balaban J connectivity index is 2.13. The summed E-state index contributed by atoms with van der Waals surface area (Å²) in [5.41, 5.74) is 4.81. The number of Topliss-reactive ketones (excluding diaryl/α,β-unsaturated/α-hetero) is 2. The maximum Gasteiger partial charge on any atom is 0.254 e. The van der Waals surface area contributed by atoms with Crippen molar-refractivity contribution in [2.75, 3.05) is 0 Å². The van der Waals surface area contributed by atoms with Crippen molar-refractivity contribution in [2.45, 2.75) is 0 Å². The van der Waals surface area contributed by atoms with Crippen molar-refractivity contribution in [1.82, 2.24) is 11.0 Å². The second-order valence-electron chi connectivity index (χ2n) is 2.92. The van der Waals surface area contributed by atoms with Gasteiger partial charge in [-0.05, 0) is 24.3 Å². The number of ketones is 2. The van der Waals surface area contributed by atoms with E-state index in [-0.39, 0.29) is 11.4 Å². The molecule has 0 bridgehead atoms. The van der Waals surface area contributed by atoms with Gasteiger partial charge in [-0.3, -0.25) is 9.59 Å². The van der Waals surface area contributed by atoms with Crippen LogP contribution in [0.25, 0.3) is 0 Å². The number of hydroxylamine groups is 2. The molecule has 0 saturated heterocycles. The van der Waals surface area contributed by atoms with E-state index in [1.54, 1.807) is 0 Å². The molecule has 0 spiro atoms. The Morgan fingerprint density at radius 1 is 0.875 bits per heavy atom.